The maximum atomic E-state index is 13.9. The molecule has 0 spiro atoms. The van der Waals surface area contributed by atoms with Crippen molar-refractivity contribution in [3.8, 4) is 5.75 Å². The molecule has 0 unspecified atom stereocenters. The van der Waals surface area contributed by atoms with Gasteiger partial charge in [-0.25, -0.2) is 4.39 Å². The normalized spacial score (nSPS) is 15.7. The van der Waals surface area contributed by atoms with Crippen LogP contribution in [-0.4, -0.2) is 34.7 Å². The van der Waals surface area contributed by atoms with E-state index in [4.69, 9.17) is 4.74 Å². The van der Waals surface area contributed by atoms with Crippen molar-refractivity contribution in [2.45, 2.75) is 37.5 Å². The van der Waals surface area contributed by atoms with Crippen molar-refractivity contribution < 1.29 is 13.9 Å². The molecule has 30 heavy (non-hydrogen) atoms. The highest BCUT2D eigenvalue weighted by Gasteiger charge is 2.36. The number of fused-ring (bicyclic) bond motifs is 1. The molecule has 2 aromatic heterocycles. The lowest BCUT2D eigenvalue weighted by molar-refractivity contribution is 0.0929. The number of aromatic amines is 1. The van der Waals surface area contributed by atoms with Crippen LogP contribution in [0, 0.1) is 5.82 Å². The third-order valence-electron chi connectivity index (χ3n) is 5.88. The van der Waals surface area contributed by atoms with Crippen LogP contribution in [0.4, 0.5) is 4.39 Å². The quantitative estimate of drug-likeness (QED) is 0.674. The number of halogens is 1. The number of aromatic nitrogens is 3. The highest BCUT2D eigenvalue weighted by Crippen LogP contribution is 2.39. The number of pyridine rings is 1. The van der Waals surface area contributed by atoms with Gasteiger partial charge in [0.05, 0.1) is 18.2 Å². The number of methoxy groups -OCH3 is 1. The van der Waals surface area contributed by atoms with Gasteiger partial charge in [0.1, 0.15) is 17.1 Å². The van der Waals surface area contributed by atoms with Gasteiger partial charge in [-0.15, -0.1) is 0 Å². The molecule has 0 radical (unpaired) electrons. The lowest BCUT2D eigenvalue weighted by Crippen LogP contribution is -2.44. The number of nitrogens with one attached hydrogen (secondary N) is 2. The van der Waals surface area contributed by atoms with Gasteiger partial charge in [-0.2, -0.15) is 5.10 Å². The smallest absolute Gasteiger partial charge is 0.275 e. The second-order valence-electron chi connectivity index (χ2n) is 7.67. The SMILES string of the molecule is COc1ccnc(C2(CNC(=O)c3n[nH]c4c(F)cccc4c3=O)CCCCC2)c1. The molecule has 3 aromatic rings. The summed E-state index contributed by atoms with van der Waals surface area (Å²) in [5.41, 5.74) is -0.360. The third-order valence-corrected chi connectivity index (χ3v) is 5.88. The zero-order chi connectivity index (χ0) is 21.1. The predicted molar refractivity (Wildman–Crippen MR) is 110 cm³/mol. The minimum absolute atomic E-state index is 0.0108. The zero-order valence-corrected chi connectivity index (χ0v) is 16.7. The Morgan fingerprint density at radius 2 is 2.07 bits per heavy atom. The largest absolute Gasteiger partial charge is 0.497 e. The maximum absolute atomic E-state index is 13.9. The molecule has 4 rings (SSSR count). The molecule has 1 aliphatic rings. The van der Waals surface area contributed by atoms with E-state index in [1.54, 1.807) is 19.4 Å². The Balaban J connectivity index is 1.61. The Bertz CT molecular complexity index is 1140. The molecule has 0 saturated heterocycles. The fraction of sp³-hybridized carbons (Fsp3) is 0.364. The molecular formula is C22H23FN4O3. The molecule has 2 heterocycles. The molecule has 1 aliphatic carbocycles. The van der Waals surface area contributed by atoms with Crippen LogP contribution in [0.5, 0.6) is 5.75 Å². The van der Waals surface area contributed by atoms with E-state index in [1.807, 2.05) is 6.07 Å². The maximum Gasteiger partial charge on any atom is 0.275 e. The number of ether oxygens (including phenoxy) is 1. The van der Waals surface area contributed by atoms with Crippen LogP contribution in [0.3, 0.4) is 0 Å². The fourth-order valence-electron chi connectivity index (χ4n) is 4.18. The van der Waals surface area contributed by atoms with Crippen molar-refractivity contribution in [1.82, 2.24) is 20.5 Å². The molecular weight excluding hydrogens is 387 g/mol. The summed E-state index contributed by atoms with van der Waals surface area (Å²) in [6.45, 7) is 0.328. The fourth-order valence-corrected chi connectivity index (χ4v) is 4.18. The van der Waals surface area contributed by atoms with Crippen LogP contribution in [-0.2, 0) is 5.41 Å². The molecule has 1 amide bonds. The van der Waals surface area contributed by atoms with Gasteiger partial charge in [0.2, 0.25) is 5.43 Å². The lowest BCUT2D eigenvalue weighted by atomic mass is 9.71. The lowest BCUT2D eigenvalue weighted by Gasteiger charge is -2.37. The molecule has 0 aliphatic heterocycles. The number of para-hydroxylation sites is 1. The van der Waals surface area contributed by atoms with Crippen molar-refractivity contribution in [2.24, 2.45) is 0 Å². The second-order valence-corrected chi connectivity index (χ2v) is 7.67. The highest BCUT2D eigenvalue weighted by molar-refractivity contribution is 5.95. The average molecular weight is 410 g/mol. The molecule has 7 nitrogen and oxygen atoms in total. The first-order valence-electron chi connectivity index (χ1n) is 10.00. The molecule has 156 valence electrons. The first kappa shape index (κ1) is 20.0. The van der Waals surface area contributed by atoms with E-state index >= 15 is 0 Å². The Kier molecular flexibility index (Phi) is 5.48. The summed E-state index contributed by atoms with van der Waals surface area (Å²) in [4.78, 5) is 30.0. The summed E-state index contributed by atoms with van der Waals surface area (Å²) in [6, 6.07) is 7.82. The predicted octanol–water partition coefficient (Wildman–Crippen LogP) is 3.10. The van der Waals surface area contributed by atoms with Crippen LogP contribution in [0.15, 0.2) is 41.3 Å². The summed E-state index contributed by atoms with van der Waals surface area (Å²) in [5.74, 6) is -0.462. The number of H-pyrrole nitrogens is 1. The van der Waals surface area contributed by atoms with Gasteiger partial charge < -0.3 is 10.1 Å². The minimum atomic E-state index is -0.599. The van der Waals surface area contributed by atoms with Crippen LogP contribution in [0.2, 0.25) is 0 Å². The number of amides is 1. The summed E-state index contributed by atoms with van der Waals surface area (Å²) in [6.07, 6.45) is 6.65. The standard InChI is InChI=1S/C22H23FN4O3/c1-30-14-8-11-24-17(12-14)22(9-3-2-4-10-22)13-25-21(29)19-20(28)15-6-5-7-16(23)18(15)26-27-19/h5-8,11-12H,2-4,9-10,13H2,1H3,(H,25,29)(H,26,28). The molecule has 1 fully saturated rings. The van der Waals surface area contributed by atoms with Crippen molar-refractivity contribution in [3.05, 3.63) is 64.0 Å². The first-order valence-corrected chi connectivity index (χ1v) is 10.00. The van der Waals surface area contributed by atoms with E-state index < -0.39 is 17.2 Å². The molecule has 1 aromatic carbocycles. The first-order chi connectivity index (χ1) is 14.5. The number of hydrogen-bond donors (Lipinski definition) is 2. The molecule has 8 heteroatoms. The van der Waals surface area contributed by atoms with Crippen LogP contribution >= 0.6 is 0 Å². The number of rotatable bonds is 5. The zero-order valence-electron chi connectivity index (χ0n) is 16.7. The van der Waals surface area contributed by atoms with Gasteiger partial charge in [0, 0.05) is 24.2 Å². The molecule has 2 N–H and O–H groups in total. The van der Waals surface area contributed by atoms with Gasteiger partial charge in [-0.1, -0.05) is 25.3 Å². The third kappa shape index (κ3) is 3.65. The van der Waals surface area contributed by atoms with E-state index in [-0.39, 0.29) is 22.0 Å². The van der Waals surface area contributed by atoms with E-state index in [0.29, 0.717) is 12.3 Å². The number of hydrogen-bond acceptors (Lipinski definition) is 5. The van der Waals surface area contributed by atoms with Gasteiger partial charge in [0.15, 0.2) is 5.69 Å². The van der Waals surface area contributed by atoms with Crippen LogP contribution in [0.1, 0.15) is 48.3 Å². The molecule has 1 saturated carbocycles. The summed E-state index contributed by atoms with van der Waals surface area (Å²) in [5, 5.41) is 9.28. The topological polar surface area (TPSA) is 97.0 Å². The van der Waals surface area contributed by atoms with Gasteiger partial charge in [-0.05, 0) is 31.0 Å². The molecule has 0 atom stereocenters. The Morgan fingerprint density at radius 3 is 2.83 bits per heavy atom. The van der Waals surface area contributed by atoms with Crippen molar-refractivity contribution in [1.29, 1.82) is 0 Å². The van der Waals surface area contributed by atoms with E-state index in [2.05, 4.69) is 20.5 Å². The van der Waals surface area contributed by atoms with E-state index in [1.165, 1.54) is 18.2 Å². The molecule has 0 bridgehead atoms. The minimum Gasteiger partial charge on any atom is -0.497 e. The second kappa shape index (κ2) is 8.22. The summed E-state index contributed by atoms with van der Waals surface area (Å²) < 4.78 is 19.2. The van der Waals surface area contributed by atoms with Gasteiger partial charge in [-0.3, -0.25) is 19.7 Å². The Hall–Kier alpha value is -3.29. The van der Waals surface area contributed by atoms with Gasteiger partial charge >= 0.3 is 0 Å². The van der Waals surface area contributed by atoms with Crippen molar-refractivity contribution in [3.63, 3.8) is 0 Å². The number of carbonyl (C=O) groups excluding carboxylic acids is 1. The van der Waals surface area contributed by atoms with E-state index in [0.717, 1.165) is 37.8 Å². The number of nitrogens with zero attached hydrogens (tertiary/aromatic N) is 2. The highest BCUT2D eigenvalue weighted by atomic mass is 19.1. The van der Waals surface area contributed by atoms with Crippen molar-refractivity contribution in [2.75, 3.05) is 13.7 Å². The monoisotopic (exact) mass is 410 g/mol. The summed E-state index contributed by atoms with van der Waals surface area (Å²) >= 11 is 0. The Morgan fingerprint density at radius 1 is 1.27 bits per heavy atom. The van der Waals surface area contributed by atoms with Gasteiger partial charge in [0.25, 0.3) is 5.91 Å². The van der Waals surface area contributed by atoms with Crippen LogP contribution in [0.25, 0.3) is 10.9 Å². The summed E-state index contributed by atoms with van der Waals surface area (Å²) in [7, 11) is 1.61. The van der Waals surface area contributed by atoms with Crippen LogP contribution < -0.4 is 15.5 Å². The Labute approximate surface area is 172 Å². The average Bonchev–Trinajstić information content (AvgIpc) is 2.79. The van der Waals surface area contributed by atoms with E-state index in [9.17, 15) is 14.0 Å². The number of benzene rings is 1. The number of carbonyl (C=O) groups is 1. The van der Waals surface area contributed by atoms with Crippen molar-refractivity contribution >= 4 is 16.8 Å².